The first-order valence-electron chi connectivity index (χ1n) is 4.65. The van der Waals surface area contributed by atoms with E-state index in [0.29, 0.717) is 17.7 Å². The number of allylic oxidation sites excluding steroid dienone is 3. The van der Waals surface area contributed by atoms with Crippen LogP contribution in [0.1, 0.15) is 12.8 Å². The fraction of sp³-hybridized carbons (Fsp3) is 0.500. The number of nitrogens with one attached hydrogen (secondary N) is 1. The molecule has 1 aliphatic heterocycles. The third kappa shape index (κ3) is 1.41. The molecule has 0 aromatic heterocycles. The Hall–Kier alpha value is -1.32. The van der Waals surface area contributed by atoms with Crippen LogP contribution in [0.15, 0.2) is 23.2 Å². The van der Waals surface area contributed by atoms with Gasteiger partial charge in [-0.25, -0.2) is 9.18 Å². The van der Waals surface area contributed by atoms with Crippen LogP contribution in [0.25, 0.3) is 0 Å². The molecule has 1 fully saturated rings. The van der Waals surface area contributed by atoms with E-state index in [9.17, 15) is 9.18 Å². The first-order valence-corrected chi connectivity index (χ1v) is 4.65. The average Bonchev–Trinajstić information content (AvgIpc) is 2.64. The summed E-state index contributed by atoms with van der Waals surface area (Å²) < 4.78 is 18.0. The molecule has 1 N–H and O–H groups in total. The highest BCUT2D eigenvalue weighted by Crippen LogP contribution is 2.34. The normalized spacial score (nSPS) is 25.3. The summed E-state index contributed by atoms with van der Waals surface area (Å²) in [5.41, 5.74) is 1.08. The van der Waals surface area contributed by atoms with Crippen LogP contribution in [0.2, 0.25) is 0 Å². The lowest BCUT2D eigenvalue weighted by molar-refractivity contribution is -0.136. The van der Waals surface area contributed by atoms with Crippen LogP contribution in [0.3, 0.4) is 0 Å². The molecule has 0 aromatic rings. The molecular formula is C10H12FNO2. The molecule has 14 heavy (non-hydrogen) atoms. The van der Waals surface area contributed by atoms with Crippen molar-refractivity contribution in [2.24, 2.45) is 5.92 Å². The maximum Gasteiger partial charge on any atom is 0.333 e. The van der Waals surface area contributed by atoms with Gasteiger partial charge in [0, 0.05) is 18.0 Å². The fourth-order valence-corrected chi connectivity index (χ4v) is 1.98. The van der Waals surface area contributed by atoms with Crippen molar-refractivity contribution in [2.45, 2.75) is 12.8 Å². The molecule has 4 heteroatoms. The summed E-state index contributed by atoms with van der Waals surface area (Å²) in [7, 11) is 1.31. The molecule has 1 atom stereocenters. The highest BCUT2D eigenvalue weighted by Gasteiger charge is 2.30. The summed E-state index contributed by atoms with van der Waals surface area (Å²) >= 11 is 0. The van der Waals surface area contributed by atoms with E-state index in [1.807, 2.05) is 0 Å². The zero-order chi connectivity index (χ0) is 10.1. The van der Waals surface area contributed by atoms with Gasteiger partial charge in [0.25, 0.3) is 0 Å². The van der Waals surface area contributed by atoms with Crippen molar-refractivity contribution in [1.29, 1.82) is 0 Å². The zero-order valence-corrected chi connectivity index (χ0v) is 7.97. The summed E-state index contributed by atoms with van der Waals surface area (Å²) in [5.74, 6) is -0.612. The van der Waals surface area contributed by atoms with E-state index in [1.54, 1.807) is 0 Å². The number of methoxy groups -OCH3 is 1. The summed E-state index contributed by atoms with van der Waals surface area (Å²) in [6.45, 7) is 0.787. The number of carbonyl (C=O) groups excluding carboxylic acids is 1. The molecule has 1 heterocycles. The highest BCUT2D eigenvalue weighted by atomic mass is 19.1. The molecule has 2 rings (SSSR count). The van der Waals surface area contributed by atoms with Gasteiger partial charge in [-0.3, -0.25) is 0 Å². The molecule has 1 unspecified atom stereocenters. The Bertz CT molecular complexity index is 333. The van der Waals surface area contributed by atoms with Crippen molar-refractivity contribution in [2.75, 3.05) is 13.7 Å². The van der Waals surface area contributed by atoms with Gasteiger partial charge in [0.2, 0.25) is 0 Å². The summed E-state index contributed by atoms with van der Waals surface area (Å²) in [4.78, 5) is 11.2. The monoisotopic (exact) mass is 197 g/mol. The van der Waals surface area contributed by atoms with E-state index in [4.69, 9.17) is 0 Å². The van der Waals surface area contributed by atoms with Gasteiger partial charge in [-0.05, 0) is 18.9 Å². The summed E-state index contributed by atoms with van der Waals surface area (Å²) in [6.07, 6.45) is 2.75. The van der Waals surface area contributed by atoms with E-state index < -0.39 is 5.97 Å². The number of rotatable bonds is 1. The summed E-state index contributed by atoms with van der Waals surface area (Å²) in [5, 5.41) is 2.99. The SMILES string of the molecule is COC(=O)C1=CC(F)=C2NCCC2C1. The number of fused-ring (bicyclic) bond motifs is 1. The molecular weight excluding hydrogens is 185 g/mol. The lowest BCUT2D eigenvalue weighted by Gasteiger charge is -2.17. The Labute approximate surface area is 81.6 Å². The molecule has 3 nitrogen and oxygen atoms in total. The van der Waals surface area contributed by atoms with Crippen molar-refractivity contribution < 1.29 is 13.9 Å². The number of carbonyl (C=O) groups is 1. The number of halogens is 1. The van der Waals surface area contributed by atoms with Gasteiger partial charge < -0.3 is 10.1 Å². The third-order valence-corrected chi connectivity index (χ3v) is 2.69. The molecule has 2 aliphatic rings. The number of hydrogen-bond acceptors (Lipinski definition) is 3. The first-order chi connectivity index (χ1) is 6.72. The molecule has 1 saturated heterocycles. The maximum atomic E-state index is 13.4. The first kappa shape index (κ1) is 9.24. The standard InChI is InChI=1S/C10H12FNO2/c1-14-10(13)7-4-6-2-3-12-9(6)8(11)5-7/h5-6,12H,2-4H2,1H3. The van der Waals surface area contributed by atoms with Crippen LogP contribution in [0, 0.1) is 5.92 Å². The van der Waals surface area contributed by atoms with Crippen LogP contribution in [0.5, 0.6) is 0 Å². The molecule has 0 radical (unpaired) electrons. The second-order valence-corrected chi connectivity index (χ2v) is 3.54. The predicted octanol–water partition coefficient (Wildman–Crippen LogP) is 1.28. The maximum absolute atomic E-state index is 13.4. The predicted molar refractivity (Wildman–Crippen MR) is 49.0 cm³/mol. The lowest BCUT2D eigenvalue weighted by atomic mass is 9.91. The van der Waals surface area contributed by atoms with Crippen LogP contribution in [-0.2, 0) is 9.53 Å². The molecule has 0 bridgehead atoms. The quantitative estimate of drug-likeness (QED) is 0.643. The van der Waals surface area contributed by atoms with Crippen molar-refractivity contribution in [3.63, 3.8) is 0 Å². The fourth-order valence-electron chi connectivity index (χ4n) is 1.98. The third-order valence-electron chi connectivity index (χ3n) is 2.69. The minimum atomic E-state index is -0.425. The Balaban J connectivity index is 2.26. The van der Waals surface area contributed by atoms with Gasteiger partial charge >= 0.3 is 5.97 Å². The van der Waals surface area contributed by atoms with Gasteiger partial charge in [-0.2, -0.15) is 0 Å². The minimum Gasteiger partial charge on any atom is -0.466 e. The van der Waals surface area contributed by atoms with Crippen molar-refractivity contribution in [3.05, 3.63) is 23.2 Å². The molecule has 0 amide bonds. The van der Waals surface area contributed by atoms with Gasteiger partial charge in [0.15, 0.2) is 0 Å². The van der Waals surface area contributed by atoms with Gasteiger partial charge in [-0.15, -0.1) is 0 Å². The number of hydrogen-bond donors (Lipinski definition) is 1. The van der Waals surface area contributed by atoms with Crippen molar-refractivity contribution in [1.82, 2.24) is 5.32 Å². The van der Waals surface area contributed by atoms with Gasteiger partial charge in [0.05, 0.1) is 12.8 Å². The molecule has 0 aromatic carbocycles. The van der Waals surface area contributed by atoms with Crippen LogP contribution in [-0.4, -0.2) is 19.6 Å². The van der Waals surface area contributed by atoms with Gasteiger partial charge in [-0.1, -0.05) is 0 Å². The number of esters is 1. The smallest absolute Gasteiger partial charge is 0.333 e. The van der Waals surface area contributed by atoms with Crippen molar-refractivity contribution >= 4 is 5.97 Å². The van der Waals surface area contributed by atoms with Crippen LogP contribution < -0.4 is 5.32 Å². The summed E-state index contributed by atoms with van der Waals surface area (Å²) in [6, 6.07) is 0. The van der Waals surface area contributed by atoms with Crippen LogP contribution in [0.4, 0.5) is 4.39 Å². The Kier molecular flexibility index (Phi) is 2.27. The van der Waals surface area contributed by atoms with E-state index in [2.05, 4.69) is 10.1 Å². The second kappa shape index (κ2) is 3.44. The minimum absolute atomic E-state index is 0.133. The van der Waals surface area contributed by atoms with E-state index in [1.165, 1.54) is 13.2 Å². The largest absolute Gasteiger partial charge is 0.466 e. The Morgan fingerprint density at radius 1 is 1.71 bits per heavy atom. The number of ether oxygens (including phenoxy) is 1. The topological polar surface area (TPSA) is 38.3 Å². The van der Waals surface area contributed by atoms with Gasteiger partial charge in [0.1, 0.15) is 5.83 Å². The molecule has 76 valence electrons. The van der Waals surface area contributed by atoms with Crippen LogP contribution >= 0.6 is 0 Å². The Morgan fingerprint density at radius 3 is 3.21 bits per heavy atom. The Morgan fingerprint density at radius 2 is 2.50 bits per heavy atom. The zero-order valence-electron chi connectivity index (χ0n) is 7.97. The lowest BCUT2D eigenvalue weighted by Crippen LogP contribution is -2.17. The van der Waals surface area contributed by atoms with E-state index in [-0.39, 0.29) is 11.7 Å². The molecule has 0 saturated carbocycles. The molecule has 0 spiro atoms. The van der Waals surface area contributed by atoms with E-state index >= 15 is 0 Å². The highest BCUT2D eigenvalue weighted by molar-refractivity contribution is 5.89. The van der Waals surface area contributed by atoms with Crippen molar-refractivity contribution in [3.8, 4) is 0 Å². The molecule has 1 aliphatic carbocycles. The second-order valence-electron chi connectivity index (χ2n) is 3.54. The average molecular weight is 197 g/mol. The van der Waals surface area contributed by atoms with E-state index in [0.717, 1.165) is 13.0 Å².